The molecule has 0 atom stereocenters. The van der Waals surface area contributed by atoms with Crippen molar-refractivity contribution in [3.8, 4) is 0 Å². The van der Waals surface area contributed by atoms with Crippen LogP contribution < -0.4 is 0 Å². The Labute approximate surface area is 130 Å². The van der Waals surface area contributed by atoms with E-state index in [1.165, 1.54) is 0 Å². The second-order valence-electron chi connectivity index (χ2n) is 3.84. The van der Waals surface area contributed by atoms with Crippen LogP contribution in [0.1, 0.15) is 0 Å². The summed E-state index contributed by atoms with van der Waals surface area (Å²) in [7, 11) is -4.20. The molecule has 0 saturated heterocycles. The third-order valence-corrected chi connectivity index (χ3v) is 10.0. The topological polar surface area (TPSA) is 55.4 Å². The van der Waals surface area contributed by atoms with Gasteiger partial charge in [0.1, 0.15) is 0 Å². The van der Waals surface area contributed by atoms with Gasteiger partial charge < -0.3 is 24.7 Å². The van der Waals surface area contributed by atoms with Gasteiger partial charge in [0.25, 0.3) is 0 Å². The minimum Gasteiger partial charge on any atom is -0.435 e. The van der Waals surface area contributed by atoms with Gasteiger partial charge in [-0.3, -0.25) is 0 Å². The van der Waals surface area contributed by atoms with Crippen molar-refractivity contribution in [3.63, 3.8) is 0 Å². The van der Waals surface area contributed by atoms with Gasteiger partial charge in [-0.2, -0.15) is 0 Å². The van der Waals surface area contributed by atoms with Crippen LogP contribution in [0.2, 0.25) is 39.3 Å². The van der Waals surface area contributed by atoms with Crippen molar-refractivity contribution in [1.29, 1.82) is 0 Å². The van der Waals surface area contributed by atoms with E-state index >= 15 is 0 Å². The fraction of sp³-hybridized carbons (Fsp3) is 1.00. The first kappa shape index (κ1) is 87.5. The van der Waals surface area contributed by atoms with E-state index in [1.54, 1.807) is 0 Å². The van der Waals surface area contributed by atoms with Crippen LogP contribution in [0.5, 0.6) is 0 Å². The molecule has 6 nitrogen and oxygen atoms in total. The minimum atomic E-state index is -1.82. The van der Waals surface area contributed by atoms with Crippen molar-refractivity contribution in [2.45, 2.75) is 39.3 Å². The van der Waals surface area contributed by atoms with Gasteiger partial charge in [-0.25, -0.2) is 0 Å². The third-order valence-electron chi connectivity index (χ3n) is 1.11. The van der Waals surface area contributed by atoms with Gasteiger partial charge in [0.2, 0.25) is 0 Å². The van der Waals surface area contributed by atoms with Gasteiger partial charge in [0.05, 0.1) is 0 Å². The first-order chi connectivity index (χ1) is 8.91. The molecule has 10 radical (unpaired) electrons. The van der Waals surface area contributed by atoms with Crippen LogP contribution in [0.25, 0.3) is 0 Å². The van der Waals surface area contributed by atoms with Crippen molar-refractivity contribution < 1.29 is 24.7 Å². The predicted molar refractivity (Wildman–Crippen MR) is 82.0 cm³/mol. The Morgan fingerprint density at radius 2 is 0.517 bits per heavy atom. The summed E-state index contributed by atoms with van der Waals surface area (Å²) in [6.45, 7) is 12.3. The molecule has 0 bridgehead atoms. The van der Waals surface area contributed by atoms with Crippen LogP contribution in [0, 0.1) is 0 Å². The van der Waals surface area contributed by atoms with Gasteiger partial charge in [0.15, 0.2) is 27.1 Å². The van der Waals surface area contributed by atoms with E-state index in [1.807, 2.05) is 0 Å². The molecule has 0 unspecified atom stereocenters. The molecule has 23 heteroatoms. The van der Waals surface area contributed by atoms with E-state index in [2.05, 4.69) is 39.3 Å². The van der Waals surface area contributed by atoms with E-state index in [-0.39, 0.29) is 30.0 Å². The fourth-order valence-corrected chi connectivity index (χ4v) is 6.54. The van der Waals surface area contributed by atoms with Crippen LogP contribution in [0.15, 0.2) is 0 Å². The second-order valence-corrected chi connectivity index (χ2v) is 15.2. The molecule has 0 rings (SSSR count). The van der Waals surface area contributed by atoms with E-state index in [0.717, 1.165) is 0 Å². The molecule has 0 heterocycles. The molecule has 0 aromatic rings. The summed E-state index contributed by atoms with van der Waals surface area (Å²) >= 11 is 0. The van der Waals surface area contributed by atoms with Gasteiger partial charge in [-0.1, -0.05) is 0 Å². The Bertz CT molecular complexity index is 202. The first-order valence-electron chi connectivity index (χ1n) is 5.45. The van der Waals surface area contributed by atoms with Gasteiger partial charge in [-0.15, -0.1) is 0 Å². The normalized spacial score (nSPS) is 8.07. The average Bonchev–Trinajstić information content (AvgIpc) is 2.26. The molecular weight excluding hydrogens is 3030 g/mol. The Hall–Kier alpha value is -8.72. The third kappa shape index (κ3) is 66.9. The standard InChI is InChI=1S/C6H18O6Si7.10Rf/c1-16(2)7-13-10-19(11-14-8-17(3)4)12-15-9-18(5)6;;;;;;;;;;/h1-6H3;;;;;;;;;;. The number of hydrogen-bond donors (Lipinski definition) is 0. The largest absolute Gasteiger partial charge is 0.548 e. The average molecular weight is 3050 g/mol. The first-order valence-corrected chi connectivity index (χ1v) is 16.3. The second kappa shape index (κ2) is 42.7. The van der Waals surface area contributed by atoms with Crippen molar-refractivity contribution in [2.75, 3.05) is 0 Å². The summed E-state index contributed by atoms with van der Waals surface area (Å²) in [5.41, 5.74) is 0. The SMILES string of the molecule is C[Si](C)O[Si]O[Si](O[Si]O[Si](C)C)O[Si]O[Si](C)C.[Rf].[Rf].[Rf].[Rf].[Rf].[Rf].[Rf].[Rf].[Rf].[Rf]. The zero-order chi connectivity index (χ0) is 14.7. The number of rotatable bonds is 12. The summed E-state index contributed by atoms with van der Waals surface area (Å²) < 4.78 is 32.8. The van der Waals surface area contributed by atoms with Gasteiger partial charge in [-0.05, 0) is 39.3 Å². The summed E-state index contributed by atoms with van der Waals surface area (Å²) in [5.74, 6) is 0. The molecule has 0 aromatic carbocycles. The maximum Gasteiger partial charge on any atom is 0.548 e. The molecular formula is C6H18O6Rf10Si7. The molecule has 0 aliphatic rings. The molecule has 0 spiro atoms. The Kier molecular flexibility index (Phi) is 129. The smallest absolute Gasteiger partial charge is 0.435 e. The van der Waals surface area contributed by atoms with Crippen molar-refractivity contribution >= 4 is 66.7 Å². The van der Waals surface area contributed by atoms with Gasteiger partial charge in [0, 0.05) is 0 Å². The van der Waals surface area contributed by atoms with Crippen LogP contribution in [-0.4, -0.2) is 66.7 Å². The summed E-state index contributed by atoms with van der Waals surface area (Å²) in [5, 5.41) is 0. The predicted octanol–water partition coefficient (Wildman–Crippen LogP) is 0.427. The zero-order valence-corrected chi connectivity index (χ0v) is 90.0. The minimum absolute atomic E-state index is 0. The molecule has 0 saturated carbocycles. The van der Waals surface area contributed by atoms with E-state index in [9.17, 15) is 0 Å². The van der Waals surface area contributed by atoms with E-state index in [4.69, 9.17) is 24.7 Å². The molecule has 126 valence electrons. The molecule has 29 heavy (non-hydrogen) atoms. The summed E-state index contributed by atoms with van der Waals surface area (Å²) in [6.07, 6.45) is 0. The monoisotopic (exact) mass is 3050 g/mol. The van der Waals surface area contributed by atoms with Crippen molar-refractivity contribution in [2.24, 2.45) is 0 Å². The molecule has 0 fully saturated rings. The summed E-state index contributed by atoms with van der Waals surface area (Å²) in [6, 6.07) is 0. The van der Waals surface area contributed by atoms with E-state index in [0.29, 0.717) is 0 Å². The number of hydrogen-bond acceptors (Lipinski definition) is 6. The maximum absolute atomic E-state index is 5.48. The van der Waals surface area contributed by atoms with Crippen LogP contribution >= 0.6 is 0 Å². The Morgan fingerprint density at radius 3 is 0.655 bits per heavy atom. The molecule has 0 N–H and O–H groups in total. The van der Waals surface area contributed by atoms with Crippen LogP contribution in [0.4, 0.5) is 0 Å². The Morgan fingerprint density at radius 1 is 0.345 bits per heavy atom. The van der Waals surface area contributed by atoms with Crippen LogP contribution in [-0.2, 0) is 24.7 Å². The molecule has 0 aliphatic heterocycles. The molecule has 0 aliphatic carbocycles. The quantitative estimate of drug-likeness (QED) is 0.265. The van der Waals surface area contributed by atoms with Crippen molar-refractivity contribution in [1.82, 2.24) is 0 Å². The van der Waals surface area contributed by atoms with Crippen LogP contribution in [0.3, 0.4) is 0 Å². The van der Waals surface area contributed by atoms with Crippen molar-refractivity contribution in [3.05, 3.63) is 0 Å². The Balaban J connectivity index is -0.0000000360. The van der Waals surface area contributed by atoms with E-state index < -0.39 is 36.6 Å². The fourth-order valence-electron chi connectivity index (χ4n) is 0.477. The summed E-state index contributed by atoms with van der Waals surface area (Å²) in [4.78, 5) is 0. The maximum atomic E-state index is 5.48. The molecule has 0 amide bonds. The zero-order valence-electron chi connectivity index (χ0n) is 19.0. The van der Waals surface area contributed by atoms with Gasteiger partial charge >= 0.3 is 39.5 Å². The molecule has 0 aromatic heterocycles.